The van der Waals surface area contributed by atoms with Crippen molar-refractivity contribution in [2.75, 3.05) is 26.4 Å². The first-order chi connectivity index (χ1) is 28.9. The van der Waals surface area contributed by atoms with Crippen molar-refractivity contribution in [1.29, 1.82) is 5.26 Å². The van der Waals surface area contributed by atoms with Crippen molar-refractivity contribution < 1.29 is 38.1 Å². The molecule has 9 nitrogen and oxygen atoms in total. The maximum Gasteiger partial charge on any atom is 0.343 e. The molecule has 0 aliphatic heterocycles. The van der Waals surface area contributed by atoms with E-state index >= 15 is 0 Å². The smallest absolute Gasteiger partial charge is 0.343 e. The van der Waals surface area contributed by atoms with Gasteiger partial charge in [0, 0.05) is 6.08 Å². The van der Waals surface area contributed by atoms with Crippen LogP contribution in [0.25, 0.3) is 11.1 Å². The fourth-order valence-corrected chi connectivity index (χ4v) is 6.38. The predicted octanol–water partition coefficient (Wildman–Crippen LogP) is 11.8. The molecule has 0 fully saturated rings. The van der Waals surface area contributed by atoms with Crippen molar-refractivity contribution in [3.63, 3.8) is 0 Å². The van der Waals surface area contributed by atoms with Crippen molar-refractivity contribution in [3.8, 4) is 34.4 Å². The minimum atomic E-state index is -0.512. The van der Waals surface area contributed by atoms with Gasteiger partial charge in [0.05, 0.1) is 43.6 Å². The van der Waals surface area contributed by atoms with Crippen molar-refractivity contribution in [3.05, 3.63) is 126 Å². The Labute approximate surface area is 350 Å². The van der Waals surface area contributed by atoms with Crippen LogP contribution in [0.3, 0.4) is 0 Å². The first kappa shape index (κ1) is 45.8. The van der Waals surface area contributed by atoms with Gasteiger partial charge in [-0.25, -0.2) is 14.4 Å². The minimum absolute atomic E-state index is 0.232. The number of ether oxygens (including phenoxy) is 5. The maximum atomic E-state index is 13.3. The van der Waals surface area contributed by atoms with Gasteiger partial charge in [0.25, 0.3) is 0 Å². The number of aryl methyl sites for hydroxylation is 1. The van der Waals surface area contributed by atoms with Crippen LogP contribution in [-0.2, 0) is 20.7 Å². The first-order valence-electron chi connectivity index (χ1n) is 21.2. The Kier molecular flexibility index (Phi) is 20.9. The molecular formula is C50H59NO8. The second-order valence-electron chi connectivity index (χ2n) is 14.5. The van der Waals surface area contributed by atoms with Crippen molar-refractivity contribution in [2.24, 2.45) is 0 Å². The van der Waals surface area contributed by atoms with Gasteiger partial charge in [-0.2, -0.15) is 5.26 Å². The summed E-state index contributed by atoms with van der Waals surface area (Å²) in [5.41, 5.74) is 4.55. The molecule has 0 aliphatic rings. The highest BCUT2D eigenvalue weighted by Crippen LogP contribution is 2.27. The van der Waals surface area contributed by atoms with E-state index in [2.05, 4.69) is 19.6 Å². The van der Waals surface area contributed by atoms with Crippen LogP contribution < -0.4 is 14.2 Å². The van der Waals surface area contributed by atoms with Crippen LogP contribution in [0.1, 0.15) is 129 Å². The molecule has 4 rings (SSSR count). The Morgan fingerprint density at radius 3 is 1.80 bits per heavy atom. The molecule has 0 bridgehead atoms. The van der Waals surface area contributed by atoms with Gasteiger partial charge in [-0.3, -0.25) is 0 Å². The Hall–Kier alpha value is -5.88. The third-order valence-corrected chi connectivity index (χ3v) is 9.84. The molecule has 0 unspecified atom stereocenters. The number of rotatable bonds is 28. The zero-order valence-electron chi connectivity index (χ0n) is 34.6. The number of hydrogen-bond donors (Lipinski definition) is 0. The van der Waals surface area contributed by atoms with E-state index < -0.39 is 11.9 Å². The Balaban J connectivity index is 1.20. The average Bonchev–Trinajstić information content (AvgIpc) is 3.27. The van der Waals surface area contributed by atoms with Gasteiger partial charge in [0.15, 0.2) is 0 Å². The summed E-state index contributed by atoms with van der Waals surface area (Å²) in [6.07, 6.45) is 15.9. The standard InChI is InChI=1S/C50H59NO8/c1-3-5-6-9-17-36-58-50(54)46-37-45(59-49(53)43-25-19-39(20-26-43)18-13-8-7-10-16-35-57-48(52)4-2)31-32-47(46)56-34-15-12-11-14-33-55-44-29-27-42(28-30-44)41-23-21-40(38-51)22-24-41/h4,19-32,37H,2-3,5-18,33-36H2,1H3. The average molecular weight is 802 g/mol. The number of unbranched alkanes of at least 4 members (excludes halogenated alkanes) is 11. The summed E-state index contributed by atoms with van der Waals surface area (Å²) in [6, 6.07) is 29.9. The lowest BCUT2D eigenvalue weighted by molar-refractivity contribution is -0.137. The highest BCUT2D eigenvalue weighted by molar-refractivity contribution is 5.94. The van der Waals surface area contributed by atoms with Crippen molar-refractivity contribution in [2.45, 2.75) is 103 Å². The first-order valence-corrected chi connectivity index (χ1v) is 21.2. The zero-order valence-corrected chi connectivity index (χ0v) is 34.6. The molecular weight excluding hydrogens is 743 g/mol. The molecule has 0 saturated carbocycles. The normalized spacial score (nSPS) is 10.6. The summed E-state index contributed by atoms with van der Waals surface area (Å²) in [4.78, 5) is 37.5. The maximum absolute atomic E-state index is 13.3. The molecule has 0 N–H and O–H groups in total. The van der Waals surface area contributed by atoms with E-state index in [9.17, 15) is 14.4 Å². The number of nitriles is 1. The number of esters is 3. The van der Waals surface area contributed by atoms with E-state index in [0.717, 1.165) is 119 Å². The fraction of sp³-hybridized carbons (Fsp3) is 0.400. The molecule has 0 radical (unpaired) electrons. The number of carbonyl (C=O) groups is 3. The van der Waals surface area contributed by atoms with E-state index in [1.165, 1.54) is 12.1 Å². The molecule has 0 spiro atoms. The van der Waals surface area contributed by atoms with Crippen LogP contribution in [0.4, 0.5) is 0 Å². The molecule has 9 heteroatoms. The van der Waals surface area contributed by atoms with Crippen molar-refractivity contribution in [1.82, 2.24) is 0 Å². The molecule has 4 aromatic rings. The van der Waals surface area contributed by atoms with E-state index in [1.54, 1.807) is 24.3 Å². The van der Waals surface area contributed by atoms with Crippen LogP contribution in [0.2, 0.25) is 0 Å². The minimum Gasteiger partial charge on any atom is -0.494 e. The topological polar surface area (TPSA) is 121 Å². The Morgan fingerprint density at radius 2 is 1.15 bits per heavy atom. The summed E-state index contributed by atoms with van der Waals surface area (Å²) in [6.45, 7) is 7.33. The van der Waals surface area contributed by atoms with Gasteiger partial charge in [-0.1, -0.05) is 94.8 Å². The van der Waals surface area contributed by atoms with Gasteiger partial charge < -0.3 is 23.7 Å². The highest BCUT2D eigenvalue weighted by atomic mass is 16.5. The lowest BCUT2D eigenvalue weighted by Gasteiger charge is -2.13. The molecule has 0 atom stereocenters. The zero-order chi connectivity index (χ0) is 41.9. The second-order valence-corrected chi connectivity index (χ2v) is 14.5. The fourth-order valence-electron chi connectivity index (χ4n) is 6.38. The number of nitrogens with zero attached hydrogens (tertiary/aromatic N) is 1. The summed E-state index contributed by atoms with van der Waals surface area (Å²) in [5, 5.41) is 9.02. The monoisotopic (exact) mass is 801 g/mol. The van der Waals surface area contributed by atoms with Gasteiger partial charge in [-0.05, 0) is 123 Å². The third-order valence-electron chi connectivity index (χ3n) is 9.84. The van der Waals surface area contributed by atoms with E-state index in [4.69, 9.17) is 28.9 Å². The second kappa shape index (κ2) is 26.9. The molecule has 0 saturated heterocycles. The quantitative estimate of drug-likeness (QED) is 0.0239. The van der Waals surface area contributed by atoms with Gasteiger partial charge in [-0.15, -0.1) is 0 Å². The molecule has 0 amide bonds. The molecule has 4 aromatic carbocycles. The third kappa shape index (κ3) is 17.3. The summed E-state index contributed by atoms with van der Waals surface area (Å²) in [7, 11) is 0. The van der Waals surface area contributed by atoms with Gasteiger partial charge in [0.1, 0.15) is 22.8 Å². The SMILES string of the molecule is C=CC(=O)OCCCCCCCc1ccc(C(=O)Oc2ccc(OCCCCCCOc3ccc(-c4ccc(C#N)cc4)cc3)c(C(=O)OCCCCCCC)c2)cc1. The largest absolute Gasteiger partial charge is 0.494 e. The predicted molar refractivity (Wildman–Crippen MR) is 231 cm³/mol. The highest BCUT2D eigenvalue weighted by Gasteiger charge is 2.18. The van der Waals surface area contributed by atoms with E-state index in [-0.39, 0.29) is 17.3 Å². The molecule has 0 heterocycles. The molecule has 0 aliphatic carbocycles. The van der Waals surface area contributed by atoms with Crippen molar-refractivity contribution >= 4 is 17.9 Å². The van der Waals surface area contributed by atoms with Crippen LogP contribution in [0.15, 0.2) is 104 Å². The Morgan fingerprint density at radius 1 is 0.593 bits per heavy atom. The number of benzene rings is 4. The van der Waals surface area contributed by atoms with Crippen LogP contribution in [0, 0.1) is 11.3 Å². The van der Waals surface area contributed by atoms with Crippen LogP contribution in [-0.4, -0.2) is 44.3 Å². The van der Waals surface area contributed by atoms with Crippen LogP contribution >= 0.6 is 0 Å². The molecule has 312 valence electrons. The summed E-state index contributed by atoms with van der Waals surface area (Å²) >= 11 is 0. The van der Waals surface area contributed by atoms with Gasteiger partial charge in [0.2, 0.25) is 0 Å². The number of hydrogen-bond acceptors (Lipinski definition) is 9. The molecule has 0 aromatic heterocycles. The Bertz CT molecular complexity index is 1910. The lowest BCUT2D eigenvalue weighted by Crippen LogP contribution is -2.12. The van der Waals surface area contributed by atoms with E-state index in [1.807, 2.05) is 60.7 Å². The summed E-state index contributed by atoms with van der Waals surface area (Å²) < 4.78 is 28.4. The summed E-state index contributed by atoms with van der Waals surface area (Å²) in [5.74, 6) is 0.0552. The number of carbonyl (C=O) groups excluding carboxylic acids is 3. The van der Waals surface area contributed by atoms with Gasteiger partial charge >= 0.3 is 17.9 Å². The van der Waals surface area contributed by atoms with E-state index in [0.29, 0.717) is 43.3 Å². The lowest BCUT2D eigenvalue weighted by atomic mass is 10.0. The van der Waals surface area contributed by atoms with Crippen LogP contribution in [0.5, 0.6) is 17.2 Å². The molecule has 59 heavy (non-hydrogen) atoms.